The maximum absolute atomic E-state index is 10.7. The Hall–Kier alpha value is -2.87. The second-order valence-corrected chi connectivity index (χ2v) is 5.05. The zero-order valence-corrected chi connectivity index (χ0v) is 12.3. The number of hydrogen-bond acceptors (Lipinski definition) is 2. The quantitative estimate of drug-likeness (QED) is 0.642. The van der Waals surface area contributed by atoms with Crippen molar-refractivity contribution in [3.63, 3.8) is 0 Å². The van der Waals surface area contributed by atoms with E-state index in [4.69, 9.17) is 4.74 Å². The van der Waals surface area contributed by atoms with Crippen LogP contribution in [0, 0.1) is 0 Å². The lowest BCUT2D eigenvalue weighted by molar-refractivity contribution is 0.112. The highest BCUT2D eigenvalue weighted by molar-refractivity contribution is 5.77. The maximum Gasteiger partial charge on any atom is 0.150 e. The van der Waals surface area contributed by atoms with Gasteiger partial charge in [-0.1, -0.05) is 60.7 Å². The number of ether oxygens (including phenoxy) is 1. The second-order valence-electron chi connectivity index (χ2n) is 5.05. The van der Waals surface area contributed by atoms with Crippen molar-refractivity contribution in [3.8, 4) is 28.0 Å². The van der Waals surface area contributed by atoms with Crippen LogP contribution in [0.2, 0.25) is 0 Å². The molecule has 0 aliphatic rings. The van der Waals surface area contributed by atoms with Crippen molar-refractivity contribution in [2.45, 2.75) is 0 Å². The van der Waals surface area contributed by atoms with Crippen molar-refractivity contribution in [1.29, 1.82) is 0 Å². The van der Waals surface area contributed by atoms with Crippen molar-refractivity contribution in [3.05, 3.63) is 78.4 Å². The molecule has 2 nitrogen and oxygen atoms in total. The van der Waals surface area contributed by atoms with E-state index in [9.17, 15) is 4.79 Å². The SMILES string of the molecule is COc1ccc(-c2ccc(-c3ccc(C=O)cc3)cc2)cc1. The fraction of sp³-hybridized carbons (Fsp3) is 0.0500. The van der Waals surface area contributed by atoms with E-state index in [1.54, 1.807) is 7.11 Å². The summed E-state index contributed by atoms with van der Waals surface area (Å²) in [5.74, 6) is 0.857. The summed E-state index contributed by atoms with van der Waals surface area (Å²) in [7, 11) is 1.67. The third kappa shape index (κ3) is 2.91. The number of benzene rings is 3. The molecule has 0 unspecified atom stereocenters. The fourth-order valence-corrected chi connectivity index (χ4v) is 2.39. The number of hydrogen-bond donors (Lipinski definition) is 0. The van der Waals surface area contributed by atoms with E-state index in [1.165, 1.54) is 0 Å². The van der Waals surface area contributed by atoms with Crippen LogP contribution in [0.25, 0.3) is 22.3 Å². The van der Waals surface area contributed by atoms with Gasteiger partial charge in [0.2, 0.25) is 0 Å². The van der Waals surface area contributed by atoms with Gasteiger partial charge in [0, 0.05) is 5.56 Å². The summed E-state index contributed by atoms with van der Waals surface area (Å²) in [5.41, 5.74) is 5.25. The summed E-state index contributed by atoms with van der Waals surface area (Å²) in [6.07, 6.45) is 0.858. The van der Waals surface area contributed by atoms with Crippen LogP contribution >= 0.6 is 0 Å². The molecule has 0 aliphatic carbocycles. The van der Waals surface area contributed by atoms with Crippen molar-refractivity contribution in [1.82, 2.24) is 0 Å². The second kappa shape index (κ2) is 6.27. The molecule has 0 amide bonds. The Balaban J connectivity index is 1.86. The van der Waals surface area contributed by atoms with Crippen LogP contribution < -0.4 is 4.74 Å². The van der Waals surface area contributed by atoms with Crippen molar-refractivity contribution in [2.24, 2.45) is 0 Å². The first-order chi connectivity index (χ1) is 10.8. The van der Waals surface area contributed by atoms with Gasteiger partial charge in [-0.3, -0.25) is 4.79 Å². The van der Waals surface area contributed by atoms with Crippen LogP contribution in [-0.2, 0) is 0 Å². The first-order valence-electron chi connectivity index (χ1n) is 7.10. The minimum absolute atomic E-state index is 0.693. The van der Waals surface area contributed by atoms with E-state index in [2.05, 4.69) is 24.3 Å². The van der Waals surface area contributed by atoms with Crippen molar-refractivity contribution in [2.75, 3.05) is 7.11 Å². The van der Waals surface area contributed by atoms with Gasteiger partial charge in [-0.05, 0) is 34.4 Å². The van der Waals surface area contributed by atoms with Gasteiger partial charge < -0.3 is 4.74 Å². The van der Waals surface area contributed by atoms with E-state index >= 15 is 0 Å². The van der Waals surface area contributed by atoms with Crippen LogP contribution in [-0.4, -0.2) is 13.4 Å². The summed E-state index contributed by atoms with van der Waals surface area (Å²) in [5, 5.41) is 0. The summed E-state index contributed by atoms with van der Waals surface area (Å²) in [6, 6.07) is 24.0. The van der Waals surface area contributed by atoms with Gasteiger partial charge in [0.1, 0.15) is 12.0 Å². The third-order valence-corrected chi connectivity index (χ3v) is 3.69. The Morgan fingerprint density at radius 3 is 1.36 bits per heavy atom. The summed E-state index contributed by atoms with van der Waals surface area (Å²) in [4.78, 5) is 10.7. The molecule has 0 fully saturated rings. The topological polar surface area (TPSA) is 26.3 Å². The molecule has 3 rings (SSSR count). The van der Waals surface area contributed by atoms with Gasteiger partial charge in [-0.15, -0.1) is 0 Å². The molecule has 0 radical (unpaired) electrons. The Morgan fingerprint density at radius 1 is 0.636 bits per heavy atom. The van der Waals surface area contributed by atoms with E-state index < -0.39 is 0 Å². The fourth-order valence-electron chi connectivity index (χ4n) is 2.39. The average molecular weight is 288 g/mol. The molecule has 0 aromatic heterocycles. The lowest BCUT2D eigenvalue weighted by Gasteiger charge is -2.06. The standard InChI is InChI=1S/C20H16O2/c1-22-20-12-10-19(11-13-20)18-8-6-17(7-9-18)16-4-2-15(14-21)3-5-16/h2-14H,1H3. The lowest BCUT2D eigenvalue weighted by atomic mass is 10.00. The molecule has 0 aliphatic heterocycles. The van der Waals surface area contributed by atoms with Gasteiger partial charge in [-0.2, -0.15) is 0 Å². The van der Waals surface area contributed by atoms with Gasteiger partial charge in [0.05, 0.1) is 7.11 Å². The first kappa shape index (κ1) is 14.1. The molecule has 0 N–H and O–H groups in total. The zero-order valence-electron chi connectivity index (χ0n) is 12.3. The Labute approximate surface area is 130 Å². The monoisotopic (exact) mass is 288 g/mol. The highest BCUT2D eigenvalue weighted by Gasteiger charge is 2.01. The van der Waals surface area contributed by atoms with Crippen LogP contribution in [0.1, 0.15) is 10.4 Å². The zero-order chi connectivity index (χ0) is 15.4. The lowest BCUT2D eigenvalue weighted by Crippen LogP contribution is -1.84. The molecule has 0 saturated heterocycles. The van der Waals surface area contributed by atoms with Crippen molar-refractivity contribution >= 4 is 6.29 Å². The first-order valence-corrected chi connectivity index (χ1v) is 7.10. The minimum atomic E-state index is 0.693. The van der Waals surface area contributed by atoms with Gasteiger partial charge >= 0.3 is 0 Å². The Bertz CT molecular complexity index is 754. The highest BCUT2D eigenvalue weighted by atomic mass is 16.5. The number of aldehydes is 1. The van der Waals surface area contributed by atoms with Crippen molar-refractivity contribution < 1.29 is 9.53 Å². The average Bonchev–Trinajstić information content (AvgIpc) is 2.62. The normalized spacial score (nSPS) is 10.2. The van der Waals surface area contributed by atoms with Crippen LogP contribution in [0.5, 0.6) is 5.75 Å². The molecule has 22 heavy (non-hydrogen) atoms. The number of carbonyl (C=O) groups excluding carboxylic acids is 1. The van der Waals surface area contributed by atoms with E-state index in [1.807, 2.05) is 48.5 Å². The molecule has 0 spiro atoms. The predicted octanol–water partition coefficient (Wildman–Crippen LogP) is 4.84. The van der Waals surface area contributed by atoms with Crippen LogP contribution in [0.4, 0.5) is 0 Å². The third-order valence-electron chi connectivity index (χ3n) is 3.69. The maximum atomic E-state index is 10.7. The number of carbonyl (C=O) groups is 1. The number of rotatable bonds is 4. The molecule has 2 heteroatoms. The largest absolute Gasteiger partial charge is 0.497 e. The molecule has 3 aromatic rings. The number of methoxy groups -OCH3 is 1. The van der Waals surface area contributed by atoms with E-state index in [-0.39, 0.29) is 0 Å². The molecular weight excluding hydrogens is 272 g/mol. The van der Waals surface area contributed by atoms with Crippen LogP contribution in [0.15, 0.2) is 72.8 Å². The summed E-state index contributed by atoms with van der Waals surface area (Å²) >= 11 is 0. The Morgan fingerprint density at radius 2 is 1.00 bits per heavy atom. The minimum Gasteiger partial charge on any atom is -0.497 e. The summed E-state index contributed by atoms with van der Waals surface area (Å²) < 4.78 is 5.18. The van der Waals surface area contributed by atoms with Gasteiger partial charge in [0.15, 0.2) is 0 Å². The molecule has 0 bridgehead atoms. The molecule has 108 valence electrons. The van der Waals surface area contributed by atoms with Gasteiger partial charge in [-0.25, -0.2) is 0 Å². The Kier molecular flexibility index (Phi) is 4.01. The molecular formula is C20H16O2. The van der Waals surface area contributed by atoms with E-state index in [0.29, 0.717) is 5.56 Å². The van der Waals surface area contributed by atoms with Crippen LogP contribution in [0.3, 0.4) is 0 Å². The molecule has 0 atom stereocenters. The highest BCUT2D eigenvalue weighted by Crippen LogP contribution is 2.26. The van der Waals surface area contributed by atoms with Gasteiger partial charge in [0.25, 0.3) is 0 Å². The summed E-state index contributed by atoms with van der Waals surface area (Å²) in [6.45, 7) is 0. The molecule has 3 aromatic carbocycles. The smallest absolute Gasteiger partial charge is 0.150 e. The molecule has 0 heterocycles. The molecule has 0 saturated carbocycles. The predicted molar refractivity (Wildman–Crippen MR) is 89.3 cm³/mol. The van der Waals surface area contributed by atoms with E-state index in [0.717, 1.165) is 34.3 Å².